The van der Waals surface area contributed by atoms with Crippen LogP contribution in [-0.2, 0) is 9.59 Å². The molecule has 0 saturated carbocycles. The van der Waals surface area contributed by atoms with Gasteiger partial charge in [-0.3, -0.25) is 9.59 Å². The highest BCUT2D eigenvalue weighted by Crippen LogP contribution is 2.34. The van der Waals surface area contributed by atoms with Crippen LogP contribution < -0.4 is 25.4 Å². The molecule has 11 heteroatoms. The number of hydrogen-bond donors (Lipinski definition) is 2. The van der Waals surface area contributed by atoms with Gasteiger partial charge in [0.25, 0.3) is 5.91 Å². The van der Waals surface area contributed by atoms with Crippen molar-refractivity contribution in [3.05, 3.63) is 48.5 Å². The number of nitrogens with zero attached hydrogens (tertiary/aromatic N) is 3. The van der Waals surface area contributed by atoms with Crippen molar-refractivity contribution in [2.45, 2.75) is 10.4 Å². The number of carbonyl (C=O) groups excluding carboxylic acids is 2. The summed E-state index contributed by atoms with van der Waals surface area (Å²) in [6.45, 7) is 0.0755. The Morgan fingerprint density at radius 2 is 2.03 bits per heavy atom. The van der Waals surface area contributed by atoms with E-state index in [1.807, 2.05) is 30.3 Å². The monoisotopic (exact) mass is 457 g/mol. The van der Waals surface area contributed by atoms with Gasteiger partial charge in [-0.1, -0.05) is 35.2 Å². The first-order chi connectivity index (χ1) is 15.0. The van der Waals surface area contributed by atoms with E-state index in [1.165, 1.54) is 28.0 Å². The molecule has 1 aliphatic heterocycles. The number of carbonyl (C=O) groups is 2. The summed E-state index contributed by atoms with van der Waals surface area (Å²) in [5.41, 5.74) is 6.87. The quantitative estimate of drug-likeness (QED) is 0.520. The summed E-state index contributed by atoms with van der Waals surface area (Å²) in [7, 11) is 1.61. The van der Waals surface area contributed by atoms with Crippen LogP contribution in [0.25, 0.3) is 0 Å². The molecule has 1 atom stereocenters. The van der Waals surface area contributed by atoms with Crippen molar-refractivity contribution in [1.82, 2.24) is 10.2 Å². The highest BCUT2D eigenvalue weighted by molar-refractivity contribution is 8.01. The van der Waals surface area contributed by atoms with Gasteiger partial charge in [0.15, 0.2) is 10.4 Å². The molecule has 1 aromatic heterocycles. The molecule has 3 N–H and O–H groups in total. The van der Waals surface area contributed by atoms with E-state index in [0.29, 0.717) is 20.9 Å². The summed E-state index contributed by atoms with van der Waals surface area (Å²) < 4.78 is 11.4. The maximum atomic E-state index is 12.9. The van der Waals surface area contributed by atoms with Crippen molar-refractivity contribution in [3.63, 3.8) is 0 Å². The largest absolute Gasteiger partial charge is 0.497 e. The van der Waals surface area contributed by atoms with E-state index in [0.717, 1.165) is 11.4 Å². The fraction of sp³-hybridized carbons (Fsp3) is 0.200. The number of fused-ring (bicyclic) bond motifs is 1. The van der Waals surface area contributed by atoms with Gasteiger partial charge >= 0.3 is 0 Å². The molecular weight excluding hydrogens is 438 g/mol. The summed E-state index contributed by atoms with van der Waals surface area (Å²) >= 11 is 2.63. The first kappa shape index (κ1) is 20.9. The maximum absolute atomic E-state index is 12.9. The van der Waals surface area contributed by atoms with Gasteiger partial charge in [-0.15, -0.1) is 10.2 Å². The number of aromatic nitrogens is 2. The van der Waals surface area contributed by atoms with E-state index in [-0.39, 0.29) is 18.2 Å². The predicted molar refractivity (Wildman–Crippen MR) is 119 cm³/mol. The SMILES string of the molecule is COc1ccc(Nc2nnc(SCC(=O)N3C[C@H](C(N)=O)Oc4ccccc43)s2)cc1. The molecule has 3 aromatic rings. The minimum Gasteiger partial charge on any atom is -0.497 e. The summed E-state index contributed by atoms with van der Waals surface area (Å²) in [4.78, 5) is 26.0. The number of thioether (sulfide) groups is 1. The lowest BCUT2D eigenvalue weighted by Crippen LogP contribution is -2.49. The topological polar surface area (TPSA) is 120 Å². The molecule has 0 aliphatic carbocycles. The van der Waals surface area contributed by atoms with Crippen LogP contribution in [0.2, 0.25) is 0 Å². The number of benzene rings is 2. The van der Waals surface area contributed by atoms with Gasteiger partial charge in [0.1, 0.15) is 11.5 Å². The van der Waals surface area contributed by atoms with E-state index in [1.54, 1.807) is 25.3 Å². The third kappa shape index (κ3) is 4.89. The first-order valence-corrected chi connectivity index (χ1v) is 11.1. The number of rotatable bonds is 7. The molecule has 0 bridgehead atoms. The molecular formula is C20H19N5O4S2. The number of anilines is 3. The lowest BCUT2D eigenvalue weighted by Gasteiger charge is -2.33. The maximum Gasteiger partial charge on any atom is 0.260 e. The summed E-state index contributed by atoms with van der Waals surface area (Å²) in [5.74, 6) is 0.570. The Morgan fingerprint density at radius 1 is 1.26 bits per heavy atom. The number of ether oxygens (including phenoxy) is 2. The lowest BCUT2D eigenvalue weighted by molar-refractivity contribution is -0.125. The molecule has 9 nitrogen and oxygen atoms in total. The molecule has 0 radical (unpaired) electrons. The lowest BCUT2D eigenvalue weighted by atomic mass is 10.2. The van der Waals surface area contributed by atoms with Gasteiger partial charge in [0.2, 0.25) is 11.0 Å². The Bertz CT molecular complexity index is 1090. The van der Waals surface area contributed by atoms with Gasteiger partial charge in [-0.05, 0) is 36.4 Å². The third-order valence-corrected chi connectivity index (χ3v) is 6.42. The van der Waals surface area contributed by atoms with Crippen LogP contribution in [0.15, 0.2) is 52.9 Å². The average molecular weight is 458 g/mol. The predicted octanol–water partition coefficient (Wildman–Crippen LogP) is 2.66. The van der Waals surface area contributed by atoms with E-state index in [4.69, 9.17) is 15.2 Å². The zero-order valence-electron chi connectivity index (χ0n) is 16.5. The number of hydrogen-bond acceptors (Lipinski definition) is 9. The highest BCUT2D eigenvalue weighted by Gasteiger charge is 2.32. The molecule has 2 heterocycles. The molecule has 0 spiro atoms. The van der Waals surface area contributed by atoms with Crippen molar-refractivity contribution >= 4 is 51.4 Å². The second kappa shape index (κ2) is 9.23. The number of nitrogens with two attached hydrogens (primary N) is 1. The van der Waals surface area contributed by atoms with E-state index in [9.17, 15) is 9.59 Å². The highest BCUT2D eigenvalue weighted by atomic mass is 32.2. The molecule has 2 aromatic carbocycles. The molecule has 1 aliphatic rings. The van der Waals surface area contributed by atoms with Crippen LogP contribution in [-0.4, -0.2) is 47.5 Å². The number of methoxy groups -OCH3 is 1. The number of para-hydroxylation sites is 2. The molecule has 31 heavy (non-hydrogen) atoms. The normalized spacial score (nSPS) is 15.0. The van der Waals surface area contributed by atoms with Crippen LogP contribution >= 0.6 is 23.1 Å². The van der Waals surface area contributed by atoms with E-state index in [2.05, 4.69) is 15.5 Å². The minimum atomic E-state index is -0.884. The second-order valence-electron chi connectivity index (χ2n) is 6.50. The van der Waals surface area contributed by atoms with Gasteiger partial charge in [0, 0.05) is 5.69 Å². The van der Waals surface area contributed by atoms with Crippen molar-refractivity contribution in [2.75, 3.05) is 29.6 Å². The minimum absolute atomic E-state index is 0.0755. The Morgan fingerprint density at radius 3 is 2.77 bits per heavy atom. The Balaban J connectivity index is 1.39. The van der Waals surface area contributed by atoms with Gasteiger partial charge in [0.05, 0.1) is 25.1 Å². The fourth-order valence-electron chi connectivity index (χ4n) is 2.94. The van der Waals surface area contributed by atoms with Crippen molar-refractivity contribution in [2.24, 2.45) is 5.73 Å². The van der Waals surface area contributed by atoms with Gasteiger partial charge in [-0.2, -0.15) is 0 Å². The van der Waals surface area contributed by atoms with Crippen molar-refractivity contribution in [3.8, 4) is 11.5 Å². The van der Waals surface area contributed by atoms with E-state index >= 15 is 0 Å². The van der Waals surface area contributed by atoms with Crippen LogP contribution in [0.5, 0.6) is 11.5 Å². The smallest absolute Gasteiger partial charge is 0.260 e. The van der Waals surface area contributed by atoms with Gasteiger partial charge < -0.3 is 25.4 Å². The van der Waals surface area contributed by atoms with Crippen LogP contribution in [0.3, 0.4) is 0 Å². The molecule has 0 fully saturated rings. The average Bonchev–Trinajstić information content (AvgIpc) is 3.24. The van der Waals surface area contributed by atoms with Gasteiger partial charge in [-0.25, -0.2) is 0 Å². The third-order valence-electron chi connectivity index (χ3n) is 4.46. The number of amides is 2. The Labute approximate surface area is 186 Å². The number of primary amides is 1. The second-order valence-corrected chi connectivity index (χ2v) is 8.70. The molecule has 2 amide bonds. The fourth-order valence-corrected chi connectivity index (χ4v) is 4.58. The summed E-state index contributed by atoms with van der Waals surface area (Å²) in [6.07, 6.45) is -0.884. The summed E-state index contributed by atoms with van der Waals surface area (Å²) in [6, 6.07) is 14.5. The standard InChI is InChI=1S/C20H19N5O4S2/c1-28-13-8-6-12(7-9-13)22-19-23-24-20(31-19)30-11-17(26)25-10-16(18(21)27)29-15-5-3-2-4-14(15)25/h2-9,16H,10-11H2,1H3,(H2,21,27)(H,22,23)/t16-/m1/s1. The zero-order valence-corrected chi connectivity index (χ0v) is 18.1. The molecule has 0 unspecified atom stereocenters. The van der Waals surface area contributed by atoms with Crippen molar-refractivity contribution < 1.29 is 19.1 Å². The zero-order chi connectivity index (χ0) is 21.8. The van der Waals surface area contributed by atoms with Crippen LogP contribution in [0.4, 0.5) is 16.5 Å². The molecule has 0 saturated heterocycles. The molecule has 4 rings (SSSR count). The Kier molecular flexibility index (Phi) is 6.23. The number of nitrogens with one attached hydrogen (secondary N) is 1. The molecule has 160 valence electrons. The Hall–Kier alpha value is -3.31. The van der Waals surface area contributed by atoms with Crippen molar-refractivity contribution in [1.29, 1.82) is 0 Å². The van der Waals surface area contributed by atoms with Crippen LogP contribution in [0, 0.1) is 0 Å². The summed E-state index contributed by atoms with van der Waals surface area (Å²) in [5, 5.41) is 12.0. The van der Waals surface area contributed by atoms with E-state index < -0.39 is 12.0 Å². The first-order valence-electron chi connectivity index (χ1n) is 9.26. The van der Waals surface area contributed by atoms with Crippen LogP contribution in [0.1, 0.15) is 0 Å².